The summed E-state index contributed by atoms with van der Waals surface area (Å²) in [7, 11) is 0. The lowest BCUT2D eigenvalue weighted by Gasteiger charge is -2.42. The van der Waals surface area contributed by atoms with Gasteiger partial charge in [0.2, 0.25) is 6.79 Å². The molecule has 1 aromatic rings. The van der Waals surface area contributed by atoms with Gasteiger partial charge in [0, 0.05) is 19.6 Å². The highest BCUT2D eigenvalue weighted by molar-refractivity contribution is 6.32. The Morgan fingerprint density at radius 1 is 1.38 bits per heavy atom. The predicted octanol–water partition coefficient (Wildman–Crippen LogP) is 2.04. The number of fused-ring (bicyclic) bond motifs is 1. The molecular formula is C15H20ClNO4. The number of benzene rings is 1. The molecule has 21 heavy (non-hydrogen) atoms. The van der Waals surface area contributed by atoms with E-state index in [1.165, 1.54) is 0 Å². The summed E-state index contributed by atoms with van der Waals surface area (Å²) < 4.78 is 16.5. The van der Waals surface area contributed by atoms with Gasteiger partial charge >= 0.3 is 0 Å². The van der Waals surface area contributed by atoms with E-state index in [0.717, 1.165) is 18.7 Å². The van der Waals surface area contributed by atoms with Crippen molar-refractivity contribution in [3.8, 4) is 11.5 Å². The second-order valence-corrected chi connectivity index (χ2v) is 6.57. The van der Waals surface area contributed by atoms with Gasteiger partial charge in [-0.15, -0.1) is 0 Å². The standard InChI is InChI=1S/C15H20ClNO4/c1-15(2)8-17(6-11(7-18)21-15)5-10-3-12(16)14-13(4-10)19-9-20-14/h3-4,11,18H,5-9H2,1-2H3. The number of hydrogen-bond acceptors (Lipinski definition) is 5. The fraction of sp³-hybridized carbons (Fsp3) is 0.600. The molecule has 0 aliphatic carbocycles. The molecule has 1 atom stereocenters. The van der Waals surface area contributed by atoms with Crippen LogP contribution in [0.25, 0.3) is 0 Å². The molecule has 0 aromatic heterocycles. The van der Waals surface area contributed by atoms with E-state index < -0.39 is 0 Å². The Morgan fingerprint density at radius 2 is 2.19 bits per heavy atom. The molecule has 3 rings (SSSR count). The second-order valence-electron chi connectivity index (χ2n) is 6.16. The molecule has 1 saturated heterocycles. The molecule has 2 aliphatic heterocycles. The minimum Gasteiger partial charge on any atom is -0.454 e. The van der Waals surface area contributed by atoms with E-state index in [1.54, 1.807) is 0 Å². The van der Waals surface area contributed by atoms with Gasteiger partial charge in [0.15, 0.2) is 11.5 Å². The highest BCUT2D eigenvalue weighted by atomic mass is 35.5. The Morgan fingerprint density at radius 3 is 2.95 bits per heavy atom. The molecule has 1 N–H and O–H groups in total. The zero-order valence-electron chi connectivity index (χ0n) is 12.3. The van der Waals surface area contributed by atoms with Crippen LogP contribution >= 0.6 is 11.6 Å². The van der Waals surface area contributed by atoms with E-state index in [4.69, 9.17) is 25.8 Å². The lowest BCUT2D eigenvalue weighted by Crippen LogP contribution is -2.53. The van der Waals surface area contributed by atoms with E-state index in [1.807, 2.05) is 26.0 Å². The molecule has 0 radical (unpaired) electrons. The van der Waals surface area contributed by atoms with Crippen molar-refractivity contribution in [3.63, 3.8) is 0 Å². The van der Waals surface area contributed by atoms with Crippen LogP contribution in [0, 0.1) is 0 Å². The summed E-state index contributed by atoms with van der Waals surface area (Å²) in [5, 5.41) is 9.94. The van der Waals surface area contributed by atoms with E-state index in [9.17, 15) is 5.11 Å². The molecule has 0 bridgehead atoms. The average Bonchev–Trinajstić information content (AvgIpc) is 2.85. The van der Waals surface area contributed by atoms with Gasteiger partial charge in [0.25, 0.3) is 0 Å². The summed E-state index contributed by atoms with van der Waals surface area (Å²) in [4.78, 5) is 2.26. The Kier molecular flexibility index (Phi) is 4.01. The average molecular weight is 314 g/mol. The summed E-state index contributed by atoms with van der Waals surface area (Å²) in [5.74, 6) is 1.32. The third-order valence-corrected chi connectivity index (χ3v) is 3.93. The SMILES string of the molecule is CC1(C)CN(Cc2cc(Cl)c3c(c2)OCO3)CC(CO)O1. The topological polar surface area (TPSA) is 51.2 Å². The number of aliphatic hydroxyl groups excluding tert-OH is 1. The molecular weight excluding hydrogens is 294 g/mol. The number of morpholine rings is 1. The Balaban J connectivity index is 1.75. The fourth-order valence-electron chi connectivity index (χ4n) is 3.00. The van der Waals surface area contributed by atoms with Gasteiger partial charge in [-0.2, -0.15) is 0 Å². The number of rotatable bonds is 3. The van der Waals surface area contributed by atoms with Crippen LogP contribution in [-0.4, -0.2) is 48.2 Å². The highest BCUT2D eigenvalue weighted by Crippen LogP contribution is 2.40. The molecule has 0 saturated carbocycles. The van der Waals surface area contributed by atoms with Crippen molar-refractivity contribution >= 4 is 11.6 Å². The third-order valence-electron chi connectivity index (χ3n) is 3.65. The number of hydrogen-bond donors (Lipinski definition) is 1. The zero-order valence-corrected chi connectivity index (χ0v) is 13.0. The van der Waals surface area contributed by atoms with Crippen molar-refractivity contribution in [1.29, 1.82) is 0 Å². The molecule has 1 aromatic carbocycles. The van der Waals surface area contributed by atoms with Crippen LogP contribution in [0.4, 0.5) is 0 Å². The van der Waals surface area contributed by atoms with Crippen LogP contribution < -0.4 is 9.47 Å². The monoisotopic (exact) mass is 313 g/mol. The number of aliphatic hydroxyl groups is 1. The highest BCUT2D eigenvalue weighted by Gasteiger charge is 2.33. The summed E-state index contributed by atoms with van der Waals surface area (Å²) in [6.07, 6.45) is -0.154. The Labute approximate surface area is 129 Å². The molecule has 2 heterocycles. The van der Waals surface area contributed by atoms with Crippen molar-refractivity contribution in [2.75, 3.05) is 26.5 Å². The summed E-state index contributed by atoms with van der Waals surface area (Å²) in [6, 6.07) is 3.87. The first-order chi connectivity index (χ1) is 9.97. The quantitative estimate of drug-likeness (QED) is 0.925. The van der Waals surface area contributed by atoms with Gasteiger partial charge in [0.1, 0.15) is 0 Å². The number of ether oxygens (including phenoxy) is 3. The largest absolute Gasteiger partial charge is 0.454 e. The summed E-state index contributed by atoms with van der Waals surface area (Å²) in [6.45, 7) is 6.56. The van der Waals surface area contributed by atoms with Crippen molar-refractivity contribution < 1.29 is 19.3 Å². The smallest absolute Gasteiger partial charge is 0.231 e. The predicted molar refractivity (Wildman–Crippen MR) is 78.9 cm³/mol. The Hall–Kier alpha value is -1.01. The summed E-state index contributed by atoms with van der Waals surface area (Å²) in [5.41, 5.74) is 0.796. The van der Waals surface area contributed by atoms with Crippen LogP contribution in [0.3, 0.4) is 0 Å². The van der Waals surface area contributed by atoms with Gasteiger partial charge in [-0.25, -0.2) is 0 Å². The van der Waals surface area contributed by atoms with E-state index >= 15 is 0 Å². The maximum Gasteiger partial charge on any atom is 0.231 e. The first-order valence-corrected chi connectivity index (χ1v) is 7.44. The van der Waals surface area contributed by atoms with Gasteiger partial charge in [-0.05, 0) is 31.5 Å². The van der Waals surface area contributed by atoms with Crippen LogP contribution in [0.15, 0.2) is 12.1 Å². The van der Waals surface area contributed by atoms with Crippen LogP contribution in [-0.2, 0) is 11.3 Å². The van der Waals surface area contributed by atoms with E-state index in [0.29, 0.717) is 23.1 Å². The van der Waals surface area contributed by atoms with Crippen LogP contribution in [0.1, 0.15) is 19.4 Å². The Bertz CT molecular complexity index is 535. The normalized spacial score (nSPS) is 24.3. The van der Waals surface area contributed by atoms with E-state index in [2.05, 4.69) is 4.90 Å². The summed E-state index contributed by atoms with van der Waals surface area (Å²) >= 11 is 6.22. The maximum atomic E-state index is 9.37. The van der Waals surface area contributed by atoms with Crippen molar-refractivity contribution in [2.45, 2.75) is 32.1 Å². The molecule has 1 fully saturated rings. The minimum atomic E-state index is -0.272. The zero-order chi connectivity index (χ0) is 15.0. The molecule has 2 aliphatic rings. The van der Waals surface area contributed by atoms with Crippen molar-refractivity contribution in [1.82, 2.24) is 4.90 Å². The van der Waals surface area contributed by atoms with E-state index in [-0.39, 0.29) is 25.1 Å². The molecule has 0 amide bonds. The molecule has 5 nitrogen and oxygen atoms in total. The second kappa shape index (κ2) is 5.65. The molecule has 0 spiro atoms. The van der Waals surface area contributed by atoms with Crippen molar-refractivity contribution in [2.24, 2.45) is 0 Å². The molecule has 6 heteroatoms. The lowest BCUT2D eigenvalue weighted by atomic mass is 10.0. The van der Waals surface area contributed by atoms with Crippen LogP contribution in [0.2, 0.25) is 5.02 Å². The molecule has 116 valence electrons. The third kappa shape index (κ3) is 3.26. The number of nitrogens with zero attached hydrogens (tertiary/aromatic N) is 1. The van der Waals surface area contributed by atoms with Crippen LogP contribution in [0.5, 0.6) is 11.5 Å². The molecule has 1 unspecified atom stereocenters. The first kappa shape index (κ1) is 14.9. The lowest BCUT2D eigenvalue weighted by molar-refractivity contribution is -0.150. The van der Waals surface area contributed by atoms with Gasteiger partial charge in [-0.3, -0.25) is 4.90 Å². The van der Waals surface area contributed by atoms with Gasteiger partial charge < -0.3 is 19.3 Å². The first-order valence-electron chi connectivity index (χ1n) is 7.06. The van der Waals surface area contributed by atoms with Crippen molar-refractivity contribution in [3.05, 3.63) is 22.7 Å². The minimum absolute atomic E-state index is 0.0296. The van der Waals surface area contributed by atoms with Gasteiger partial charge in [-0.1, -0.05) is 11.6 Å². The number of halogens is 1. The fourth-order valence-corrected chi connectivity index (χ4v) is 3.29. The van der Waals surface area contributed by atoms with Gasteiger partial charge in [0.05, 0.1) is 23.3 Å². The maximum absolute atomic E-state index is 9.37.